The largest absolute Gasteiger partial charge is 0.365 e. The number of hydrogen-bond acceptors (Lipinski definition) is 1. The van der Waals surface area contributed by atoms with Gasteiger partial charge in [-0.2, -0.15) is 0 Å². The Balaban J connectivity index is 2.86. The Labute approximate surface area is 69.4 Å². The zero-order valence-electron chi connectivity index (χ0n) is 8.19. The van der Waals surface area contributed by atoms with Crippen molar-refractivity contribution in [3.05, 3.63) is 11.6 Å². The summed E-state index contributed by atoms with van der Waals surface area (Å²) in [6.07, 6.45) is 3.26. The van der Waals surface area contributed by atoms with E-state index < -0.39 is 0 Å². The highest BCUT2D eigenvalue weighted by Gasteiger charge is 2.32. The predicted octanol–water partition coefficient (Wildman–Crippen LogP) is 2.91. The zero-order chi connectivity index (χ0) is 8.70. The lowest BCUT2D eigenvalue weighted by atomic mass is 9.90. The molecule has 1 aliphatic heterocycles. The van der Waals surface area contributed by atoms with Crippen molar-refractivity contribution >= 4 is 0 Å². The van der Waals surface area contributed by atoms with E-state index in [-0.39, 0.29) is 11.2 Å². The molecule has 0 spiro atoms. The van der Waals surface area contributed by atoms with Crippen LogP contribution < -0.4 is 0 Å². The summed E-state index contributed by atoms with van der Waals surface area (Å²) >= 11 is 0. The Bertz CT molecular complexity index is 187. The second-order valence-corrected chi connectivity index (χ2v) is 4.63. The van der Waals surface area contributed by atoms with E-state index in [2.05, 4.69) is 40.7 Å². The van der Waals surface area contributed by atoms with E-state index in [1.807, 2.05) is 0 Å². The van der Waals surface area contributed by atoms with Gasteiger partial charge in [0, 0.05) is 0 Å². The van der Waals surface area contributed by atoms with E-state index in [1.165, 1.54) is 5.57 Å². The smallest absolute Gasteiger partial charge is 0.0816 e. The Hall–Kier alpha value is -0.300. The molecule has 0 radical (unpaired) electrons. The molecule has 0 atom stereocenters. The van der Waals surface area contributed by atoms with Crippen molar-refractivity contribution in [2.24, 2.45) is 0 Å². The van der Waals surface area contributed by atoms with E-state index in [0.717, 1.165) is 6.42 Å². The van der Waals surface area contributed by atoms with Gasteiger partial charge in [-0.25, -0.2) is 0 Å². The van der Waals surface area contributed by atoms with Crippen LogP contribution in [-0.2, 0) is 4.74 Å². The highest BCUT2D eigenvalue weighted by Crippen LogP contribution is 2.33. The molecule has 1 heteroatoms. The third-order valence-corrected chi connectivity index (χ3v) is 1.84. The van der Waals surface area contributed by atoms with E-state index in [0.29, 0.717) is 0 Å². The standard InChI is InChI=1S/C10H18O/c1-8-6-9(2,3)11-10(4,5)7-8/h6H,7H2,1-5H3. The highest BCUT2D eigenvalue weighted by atomic mass is 16.5. The lowest BCUT2D eigenvalue weighted by Crippen LogP contribution is -2.39. The van der Waals surface area contributed by atoms with Crippen molar-refractivity contribution in [3.8, 4) is 0 Å². The molecular formula is C10H18O. The third kappa shape index (κ3) is 2.33. The van der Waals surface area contributed by atoms with Gasteiger partial charge in [0.2, 0.25) is 0 Å². The maximum absolute atomic E-state index is 5.86. The quantitative estimate of drug-likeness (QED) is 0.487. The first-order valence-electron chi connectivity index (χ1n) is 4.19. The lowest BCUT2D eigenvalue weighted by molar-refractivity contribution is -0.106. The van der Waals surface area contributed by atoms with Crippen molar-refractivity contribution in [2.45, 2.75) is 52.2 Å². The molecule has 0 unspecified atom stereocenters. The monoisotopic (exact) mass is 154 g/mol. The molecule has 0 bridgehead atoms. The zero-order valence-corrected chi connectivity index (χ0v) is 8.19. The molecule has 0 aromatic carbocycles. The van der Waals surface area contributed by atoms with Crippen molar-refractivity contribution in [1.29, 1.82) is 0 Å². The fourth-order valence-electron chi connectivity index (χ4n) is 2.09. The molecular weight excluding hydrogens is 136 g/mol. The third-order valence-electron chi connectivity index (χ3n) is 1.84. The van der Waals surface area contributed by atoms with Crippen molar-refractivity contribution in [1.82, 2.24) is 0 Å². The van der Waals surface area contributed by atoms with Gasteiger partial charge in [-0.15, -0.1) is 0 Å². The molecule has 1 heterocycles. The minimum atomic E-state index is -0.0775. The van der Waals surface area contributed by atoms with Crippen LogP contribution in [0.25, 0.3) is 0 Å². The summed E-state index contributed by atoms with van der Waals surface area (Å²) in [5, 5.41) is 0. The maximum atomic E-state index is 5.86. The van der Waals surface area contributed by atoms with Gasteiger partial charge in [0.25, 0.3) is 0 Å². The summed E-state index contributed by atoms with van der Waals surface area (Å²) < 4.78 is 5.86. The molecule has 1 aliphatic rings. The lowest BCUT2D eigenvalue weighted by Gasteiger charge is -2.39. The second kappa shape index (κ2) is 2.34. The molecule has 0 aromatic rings. The highest BCUT2D eigenvalue weighted by molar-refractivity contribution is 5.13. The van der Waals surface area contributed by atoms with Gasteiger partial charge >= 0.3 is 0 Å². The fraction of sp³-hybridized carbons (Fsp3) is 0.800. The molecule has 11 heavy (non-hydrogen) atoms. The van der Waals surface area contributed by atoms with Crippen LogP contribution in [0.5, 0.6) is 0 Å². The van der Waals surface area contributed by atoms with Crippen molar-refractivity contribution < 1.29 is 4.74 Å². The molecule has 0 aromatic heterocycles. The van der Waals surface area contributed by atoms with Crippen LogP contribution in [0.15, 0.2) is 11.6 Å². The molecule has 1 nitrogen and oxygen atoms in total. The van der Waals surface area contributed by atoms with Gasteiger partial charge in [0.1, 0.15) is 0 Å². The summed E-state index contributed by atoms with van der Waals surface area (Å²) in [4.78, 5) is 0. The Kier molecular flexibility index (Phi) is 1.87. The normalized spacial score (nSPS) is 27.9. The van der Waals surface area contributed by atoms with Crippen LogP contribution in [0, 0.1) is 0 Å². The minimum Gasteiger partial charge on any atom is -0.365 e. The van der Waals surface area contributed by atoms with Crippen LogP contribution in [0.4, 0.5) is 0 Å². The SMILES string of the molecule is CC1=CC(C)(C)OC(C)(C)C1. The summed E-state index contributed by atoms with van der Waals surface area (Å²) in [6.45, 7) is 10.7. The summed E-state index contributed by atoms with van der Waals surface area (Å²) in [5.41, 5.74) is 1.38. The van der Waals surface area contributed by atoms with E-state index in [9.17, 15) is 0 Å². The van der Waals surface area contributed by atoms with Gasteiger partial charge in [-0.3, -0.25) is 0 Å². The van der Waals surface area contributed by atoms with Crippen LogP contribution in [0.3, 0.4) is 0 Å². The Morgan fingerprint density at radius 3 is 2.18 bits per heavy atom. The first-order valence-corrected chi connectivity index (χ1v) is 4.19. The first-order chi connectivity index (χ1) is 4.81. The van der Waals surface area contributed by atoms with Crippen molar-refractivity contribution in [2.75, 3.05) is 0 Å². The summed E-state index contributed by atoms with van der Waals surface area (Å²) in [6, 6.07) is 0. The maximum Gasteiger partial charge on any atom is 0.0816 e. The topological polar surface area (TPSA) is 9.23 Å². The predicted molar refractivity (Wildman–Crippen MR) is 47.6 cm³/mol. The Morgan fingerprint density at radius 1 is 1.27 bits per heavy atom. The minimum absolute atomic E-state index is 0.0162. The first kappa shape index (κ1) is 8.79. The van der Waals surface area contributed by atoms with E-state index in [4.69, 9.17) is 4.74 Å². The van der Waals surface area contributed by atoms with Gasteiger partial charge in [0.15, 0.2) is 0 Å². The molecule has 0 saturated carbocycles. The van der Waals surface area contributed by atoms with Crippen LogP contribution in [0.1, 0.15) is 41.0 Å². The molecule has 0 amide bonds. The van der Waals surface area contributed by atoms with Gasteiger partial charge in [0.05, 0.1) is 11.2 Å². The summed E-state index contributed by atoms with van der Waals surface area (Å²) in [7, 11) is 0. The molecule has 0 aliphatic carbocycles. The molecule has 0 saturated heterocycles. The fourth-order valence-corrected chi connectivity index (χ4v) is 2.09. The number of hydrogen-bond donors (Lipinski definition) is 0. The molecule has 64 valence electrons. The van der Waals surface area contributed by atoms with E-state index >= 15 is 0 Å². The number of rotatable bonds is 0. The molecule has 0 fully saturated rings. The van der Waals surface area contributed by atoms with Crippen LogP contribution in [-0.4, -0.2) is 11.2 Å². The van der Waals surface area contributed by atoms with Gasteiger partial charge < -0.3 is 4.74 Å². The van der Waals surface area contributed by atoms with Crippen LogP contribution >= 0.6 is 0 Å². The van der Waals surface area contributed by atoms with Gasteiger partial charge in [-0.05, 0) is 41.0 Å². The average molecular weight is 154 g/mol. The van der Waals surface area contributed by atoms with E-state index in [1.54, 1.807) is 0 Å². The second-order valence-electron chi connectivity index (χ2n) is 4.63. The Morgan fingerprint density at radius 2 is 1.82 bits per heavy atom. The summed E-state index contributed by atoms with van der Waals surface area (Å²) in [5.74, 6) is 0. The number of ether oxygens (including phenoxy) is 1. The van der Waals surface area contributed by atoms with Crippen molar-refractivity contribution in [3.63, 3.8) is 0 Å². The molecule has 0 N–H and O–H groups in total. The molecule has 1 rings (SSSR count). The van der Waals surface area contributed by atoms with Gasteiger partial charge in [-0.1, -0.05) is 11.6 Å². The average Bonchev–Trinajstić information content (AvgIpc) is 1.49. The van der Waals surface area contributed by atoms with Crippen LogP contribution in [0.2, 0.25) is 0 Å².